The molecule has 0 aromatic heterocycles. The van der Waals surface area contributed by atoms with Crippen molar-refractivity contribution in [3.63, 3.8) is 0 Å². The number of carbonyl (C=O) groups excluding carboxylic acids is 2. The largest absolute Gasteiger partial charge is 0.353 e. The lowest BCUT2D eigenvalue weighted by atomic mass is 10.1. The van der Waals surface area contributed by atoms with Gasteiger partial charge >= 0.3 is 0 Å². The second kappa shape index (κ2) is 4.80. The number of piperazine rings is 2. The Kier molecular flexibility index (Phi) is 3.40. The summed E-state index contributed by atoms with van der Waals surface area (Å²) in [6.07, 6.45) is 0. The summed E-state index contributed by atoms with van der Waals surface area (Å²) in [5, 5.41) is 9.09. The Labute approximate surface area is 94.7 Å². The van der Waals surface area contributed by atoms with E-state index in [-0.39, 0.29) is 23.9 Å². The summed E-state index contributed by atoms with van der Waals surface area (Å²) in [5.41, 5.74) is 0. The Morgan fingerprint density at radius 2 is 2.19 bits per heavy atom. The Hall–Kier alpha value is -1.14. The molecule has 2 fully saturated rings. The smallest absolute Gasteiger partial charge is 0.242 e. The van der Waals surface area contributed by atoms with E-state index in [1.807, 2.05) is 0 Å². The molecule has 90 valence electrons. The average Bonchev–Trinajstić information content (AvgIpc) is 2.33. The van der Waals surface area contributed by atoms with Crippen molar-refractivity contribution in [2.75, 3.05) is 32.7 Å². The molecule has 0 aliphatic carbocycles. The number of hydrogen-bond donors (Lipinski definition) is 3. The van der Waals surface area contributed by atoms with Gasteiger partial charge in [-0.15, -0.1) is 0 Å². The predicted molar refractivity (Wildman–Crippen MR) is 58.8 cm³/mol. The van der Waals surface area contributed by atoms with Crippen LogP contribution in [0.5, 0.6) is 0 Å². The lowest BCUT2D eigenvalue weighted by Gasteiger charge is -2.36. The van der Waals surface area contributed by atoms with Crippen molar-refractivity contribution in [3.8, 4) is 0 Å². The molecule has 2 amide bonds. The first-order valence-corrected chi connectivity index (χ1v) is 5.72. The van der Waals surface area contributed by atoms with Crippen molar-refractivity contribution in [2.24, 2.45) is 0 Å². The molecule has 2 unspecified atom stereocenters. The van der Waals surface area contributed by atoms with Crippen molar-refractivity contribution in [1.29, 1.82) is 0 Å². The fraction of sp³-hybridized carbons (Fsp3) is 0.800. The predicted octanol–water partition coefficient (Wildman–Crippen LogP) is -2.11. The highest BCUT2D eigenvalue weighted by Gasteiger charge is 2.33. The third-order valence-electron chi connectivity index (χ3n) is 3.12. The van der Waals surface area contributed by atoms with E-state index < -0.39 is 0 Å². The van der Waals surface area contributed by atoms with Crippen LogP contribution in [0.4, 0.5) is 0 Å². The zero-order valence-corrected chi connectivity index (χ0v) is 9.45. The van der Waals surface area contributed by atoms with Crippen molar-refractivity contribution in [3.05, 3.63) is 0 Å². The van der Waals surface area contributed by atoms with Crippen LogP contribution in [0, 0.1) is 0 Å². The molecule has 0 bridgehead atoms. The Morgan fingerprint density at radius 1 is 1.38 bits per heavy atom. The van der Waals surface area contributed by atoms with Crippen LogP contribution < -0.4 is 16.0 Å². The maximum Gasteiger partial charge on any atom is 0.242 e. The Bertz CT molecular complexity index is 289. The minimum Gasteiger partial charge on any atom is -0.353 e. The van der Waals surface area contributed by atoms with Gasteiger partial charge in [0.05, 0.1) is 6.04 Å². The van der Waals surface area contributed by atoms with Gasteiger partial charge < -0.3 is 20.9 Å². The molecule has 0 radical (unpaired) electrons. The molecule has 2 aliphatic heterocycles. The van der Waals surface area contributed by atoms with Gasteiger partial charge in [-0.3, -0.25) is 9.59 Å². The van der Waals surface area contributed by atoms with Crippen LogP contribution in [0.1, 0.15) is 6.92 Å². The summed E-state index contributed by atoms with van der Waals surface area (Å²) in [4.78, 5) is 25.3. The van der Waals surface area contributed by atoms with Crippen LogP contribution >= 0.6 is 0 Å². The maximum absolute atomic E-state index is 12.2. The molecular formula is C10H18N4O2. The van der Waals surface area contributed by atoms with Crippen molar-refractivity contribution < 1.29 is 9.59 Å². The van der Waals surface area contributed by atoms with Gasteiger partial charge in [-0.25, -0.2) is 0 Å². The molecular weight excluding hydrogens is 208 g/mol. The average molecular weight is 226 g/mol. The summed E-state index contributed by atoms with van der Waals surface area (Å²) in [6, 6.07) is -0.549. The molecule has 6 nitrogen and oxygen atoms in total. The molecule has 2 heterocycles. The monoisotopic (exact) mass is 226 g/mol. The van der Waals surface area contributed by atoms with E-state index in [2.05, 4.69) is 16.0 Å². The lowest BCUT2D eigenvalue weighted by molar-refractivity contribution is -0.144. The molecule has 3 N–H and O–H groups in total. The van der Waals surface area contributed by atoms with Gasteiger partial charge in [-0.1, -0.05) is 0 Å². The number of carbonyl (C=O) groups is 2. The molecule has 0 aromatic rings. The standard InChI is InChI=1S/C10H18N4O2/c1-7-9(15)13-4-5-14(7)10(16)8-6-11-2-3-12-8/h7-8,11-12H,2-6H2,1H3,(H,13,15). The Balaban J connectivity index is 1.99. The van der Waals surface area contributed by atoms with Gasteiger partial charge in [0.2, 0.25) is 11.8 Å². The van der Waals surface area contributed by atoms with Crippen LogP contribution in [0.15, 0.2) is 0 Å². The van der Waals surface area contributed by atoms with E-state index in [1.54, 1.807) is 11.8 Å². The van der Waals surface area contributed by atoms with E-state index in [0.717, 1.165) is 13.1 Å². The molecule has 16 heavy (non-hydrogen) atoms. The highest BCUT2D eigenvalue weighted by molar-refractivity contribution is 5.90. The second-order valence-corrected chi connectivity index (χ2v) is 4.21. The first kappa shape index (κ1) is 11.3. The Morgan fingerprint density at radius 3 is 2.88 bits per heavy atom. The molecule has 0 saturated carbocycles. The van der Waals surface area contributed by atoms with Gasteiger partial charge in [0.25, 0.3) is 0 Å². The topological polar surface area (TPSA) is 73.5 Å². The SMILES string of the molecule is CC1C(=O)NCCN1C(=O)C1CNCCN1. The number of amides is 2. The quantitative estimate of drug-likeness (QED) is 0.479. The molecule has 2 saturated heterocycles. The maximum atomic E-state index is 12.2. The van der Waals surface area contributed by atoms with Crippen LogP contribution in [0.25, 0.3) is 0 Å². The van der Waals surface area contributed by atoms with Crippen molar-refractivity contribution in [1.82, 2.24) is 20.9 Å². The van der Waals surface area contributed by atoms with Crippen LogP contribution in [0.2, 0.25) is 0 Å². The second-order valence-electron chi connectivity index (χ2n) is 4.21. The molecule has 0 spiro atoms. The summed E-state index contributed by atoms with van der Waals surface area (Å²) >= 11 is 0. The summed E-state index contributed by atoms with van der Waals surface area (Å²) in [7, 11) is 0. The first-order chi connectivity index (χ1) is 7.70. The fourth-order valence-corrected chi connectivity index (χ4v) is 2.11. The van der Waals surface area contributed by atoms with Crippen LogP contribution in [-0.2, 0) is 9.59 Å². The molecule has 2 rings (SSSR count). The van der Waals surface area contributed by atoms with Crippen LogP contribution in [0.3, 0.4) is 0 Å². The minimum atomic E-state index is -0.357. The van der Waals surface area contributed by atoms with Crippen molar-refractivity contribution in [2.45, 2.75) is 19.0 Å². The normalized spacial score (nSPS) is 31.1. The summed E-state index contributed by atoms with van der Waals surface area (Å²) in [6.45, 7) is 5.25. The number of rotatable bonds is 1. The third-order valence-corrected chi connectivity index (χ3v) is 3.12. The highest BCUT2D eigenvalue weighted by atomic mass is 16.2. The first-order valence-electron chi connectivity index (χ1n) is 5.72. The van der Waals surface area contributed by atoms with E-state index in [9.17, 15) is 9.59 Å². The number of hydrogen-bond acceptors (Lipinski definition) is 4. The van der Waals surface area contributed by atoms with Gasteiger partial charge in [0.1, 0.15) is 6.04 Å². The number of nitrogens with zero attached hydrogens (tertiary/aromatic N) is 1. The van der Waals surface area contributed by atoms with Gasteiger partial charge in [-0.05, 0) is 6.92 Å². The highest BCUT2D eigenvalue weighted by Crippen LogP contribution is 2.07. The zero-order chi connectivity index (χ0) is 11.5. The summed E-state index contributed by atoms with van der Waals surface area (Å²) < 4.78 is 0. The van der Waals surface area contributed by atoms with Crippen LogP contribution in [-0.4, -0.2) is 61.5 Å². The van der Waals surface area contributed by atoms with E-state index >= 15 is 0 Å². The summed E-state index contributed by atoms with van der Waals surface area (Å²) in [5.74, 6) is -0.0436. The zero-order valence-electron chi connectivity index (χ0n) is 9.45. The number of nitrogens with one attached hydrogen (secondary N) is 3. The third kappa shape index (κ3) is 2.17. The minimum absolute atomic E-state index is 0.0227. The molecule has 2 aliphatic rings. The van der Waals surface area contributed by atoms with Crippen molar-refractivity contribution >= 4 is 11.8 Å². The van der Waals surface area contributed by atoms with E-state index in [1.165, 1.54) is 0 Å². The molecule has 0 aromatic carbocycles. The van der Waals surface area contributed by atoms with E-state index in [4.69, 9.17) is 0 Å². The van der Waals surface area contributed by atoms with Gasteiger partial charge in [0, 0.05) is 32.7 Å². The fourth-order valence-electron chi connectivity index (χ4n) is 2.11. The lowest BCUT2D eigenvalue weighted by Crippen LogP contribution is -2.63. The molecule has 2 atom stereocenters. The van der Waals surface area contributed by atoms with Gasteiger partial charge in [0.15, 0.2) is 0 Å². The van der Waals surface area contributed by atoms with E-state index in [0.29, 0.717) is 19.6 Å². The van der Waals surface area contributed by atoms with Gasteiger partial charge in [-0.2, -0.15) is 0 Å². The molecule has 6 heteroatoms.